The highest BCUT2D eigenvalue weighted by atomic mass is 16.5. The third kappa shape index (κ3) is 4.25. The maximum absolute atomic E-state index is 13.0. The summed E-state index contributed by atoms with van der Waals surface area (Å²) in [5, 5.41) is 0. The fourth-order valence-electron chi connectivity index (χ4n) is 4.06. The summed E-state index contributed by atoms with van der Waals surface area (Å²) in [7, 11) is 0. The van der Waals surface area contributed by atoms with E-state index in [-0.39, 0.29) is 23.6 Å². The second kappa shape index (κ2) is 7.96. The highest BCUT2D eigenvalue weighted by Gasteiger charge is 2.38. The van der Waals surface area contributed by atoms with Crippen molar-refractivity contribution in [3.63, 3.8) is 0 Å². The van der Waals surface area contributed by atoms with Crippen LogP contribution in [0.3, 0.4) is 0 Å². The molecular formula is C21H30O3. The van der Waals surface area contributed by atoms with Crippen molar-refractivity contribution < 1.29 is 14.3 Å². The summed E-state index contributed by atoms with van der Waals surface area (Å²) in [5.74, 6) is 0.0206. The third-order valence-electron chi connectivity index (χ3n) is 5.31. The molecule has 3 unspecified atom stereocenters. The van der Waals surface area contributed by atoms with Crippen LogP contribution in [-0.2, 0) is 20.7 Å². The van der Waals surface area contributed by atoms with E-state index < -0.39 is 0 Å². The molecular weight excluding hydrogens is 300 g/mol. The molecule has 3 heteroatoms. The van der Waals surface area contributed by atoms with Gasteiger partial charge >= 0.3 is 5.97 Å². The number of Topliss-reactive ketones (excluding diaryl/α,β-unsaturated/α-hetero) is 1. The quantitative estimate of drug-likeness (QED) is 0.754. The summed E-state index contributed by atoms with van der Waals surface area (Å²) in [6.07, 6.45) is 2.98. The Morgan fingerprint density at radius 2 is 1.71 bits per heavy atom. The molecule has 0 radical (unpaired) electrons. The molecule has 1 aromatic carbocycles. The van der Waals surface area contributed by atoms with Gasteiger partial charge in [-0.2, -0.15) is 0 Å². The lowest BCUT2D eigenvalue weighted by atomic mass is 9.71. The third-order valence-corrected chi connectivity index (χ3v) is 5.31. The monoisotopic (exact) mass is 330 g/mol. The van der Waals surface area contributed by atoms with Crippen LogP contribution in [0.4, 0.5) is 0 Å². The molecule has 0 aliphatic heterocycles. The van der Waals surface area contributed by atoms with E-state index in [1.54, 1.807) is 0 Å². The zero-order valence-electron chi connectivity index (χ0n) is 15.6. The van der Waals surface area contributed by atoms with Crippen LogP contribution in [0.5, 0.6) is 0 Å². The first-order chi connectivity index (χ1) is 11.3. The lowest BCUT2D eigenvalue weighted by molar-refractivity contribution is -0.154. The Labute approximate surface area is 145 Å². The second-order valence-electron chi connectivity index (χ2n) is 7.40. The minimum atomic E-state index is -0.264. The highest BCUT2D eigenvalue weighted by Crippen LogP contribution is 2.36. The molecule has 2 rings (SSSR count). The number of hydrogen-bond acceptors (Lipinski definition) is 3. The number of ketones is 1. The van der Waals surface area contributed by atoms with E-state index in [9.17, 15) is 9.59 Å². The number of aryl methyl sites for hydroxylation is 3. The van der Waals surface area contributed by atoms with Gasteiger partial charge in [0.2, 0.25) is 0 Å². The normalized spacial score (nSPS) is 23.8. The fraction of sp³-hybridized carbons (Fsp3) is 0.619. The van der Waals surface area contributed by atoms with Gasteiger partial charge in [0, 0.05) is 12.3 Å². The van der Waals surface area contributed by atoms with Crippen molar-refractivity contribution >= 4 is 11.8 Å². The SMILES string of the molecule is CCOC(=O)C1CCC(C)CC1C(=O)Cc1c(C)cc(C)cc1C. The summed E-state index contributed by atoms with van der Waals surface area (Å²) < 4.78 is 5.22. The lowest BCUT2D eigenvalue weighted by Gasteiger charge is -2.32. The molecule has 0 saturated heterocycles. The largest absolute Gasteiger partial charge is 0.466 e. The molecule has 0 N–H and O–H groups in total. The predicted octanol–water partition coefficient (Wildman–Crippen LogP) is 4.34. The summed E-state index contributed by atoms with van der Waals surface area (Å²) in [4.78, 5) is 25.3. The van der Waals surface area contributed by atoms with E-state index in [2.05, 4.69) is 39.8 Å². The molecule has 1 aliphatic rings. The van der Waals surface area contributed by atoms with Gasteiger partial charge in [0.05, 0.1) is 12.5 Å². The highest BCUT2D eigenvalue weighted by molar-refractivity contribution is 5.89. The number of rotatable bonds is 5. The Morgan fingerprint density at radius 3 is 2.29 bits per heavy atom. The lowest BCUT2D eigenvalue weighted by Crippen LogP contribution is -2.37. The van der Waals surface area contributed by atoms with Gasteiger partial charge in [-0.15, -0.1) is 0 Å². The van der Waals surface area contributed by atoms with E-state index >= 15 is 0 Å². The van der Waals surface area contributed by atoms with Crippen LogP contribution in [0, 0.1) is 38.5 Å². The molecule has 1 aliphatic carbocycles. The van der Waals surface area contributed by atoms with Gasteiger partial charge in [0.1, 0.15) is 5.78 Å². The van der Waals surface area contributed by atoms with Gasteiger partial charge in [-0.05, 0) is 69.6 Å². The standard InChI is InChI=1S/C21H30O3/c1-6-24-21(23)17-8-7-13(2)11-19(17)20(22)12-18-15(4)9-14(3)10-16(18)5/h9-10,13,17,19H,6-8,11-12H2,1-5H3. The maximum Gasteiger partial charge on any atom is 0.309 e. The van der Waals surface area contributed by atoms with Crippen LogP contribution >= 0.6 is 0 Å². The van der Waals surface area contributed by atoms with E-state index in [1.165, 1.54) is 5.56 Å². The minimum absolute atomic E-state index is 0.189. The first kappa shape index (κ1) is 18.7. The zero-order chi connectivity index (χ0) is 17.9. The van der Waals surface area contributed by atoms with Crippen molar-refractivity contribution in [1.29, 1.82) is 0 Å². The number of ether oxygens (including phenoxy) is 1. The van der Waals surface area contributed by atoms with Crippen molar-refractivity contribution in [3.8, 4) is 0 Å². The smallest absolute Gasteiger partial charge is 0.309 e. The molecule has 24 heavy (non-hydrogen) atoms. The fourth-order valence-corrected chi connectivity index (χ4v) is 4.06. The van der Waals surface area contributed by atoms with Crippen LogP contribution in [0.15, 0.2) is 12.1 Å². The first-order valence-corrected chi connectivity index (χ1v) is 9.09. The molecule has 1 saturated carbocycles. The zero-order valence-corrected chi connectivity index (χ0v) is 15.6. The average molecular weight is 330 g/mol. The molecule has 132 valence electrons. The molecule has 3 atom stereocenters. The van der Waals surface area contributed by atoms with Gasteiger partial charge < -0.3 is 4.74 Å². The van der Waals surface area contributed by atoms with Gasteiger partial charge in [0.15, 0.2) is 0 Å². The van der Waals surface area contributed by atoms with Gasteiger partial charge in [-0.25, -0.2) is 0 Å². The van der Waals surface area contributed by atoms with Crippen LogP contribution in [0.2, 0.25) is 0 Å². The first-order valence-electron chi connectivity index (χ1n) is 9.09. The average Bonchev–Trinajstić information content (AvgIpc) is 2.50. The van der Waals surface area contributed by atoms with Crippen molar-refractivity contribution in [2.45, 2.75) is 60.3 Å². The van der Waals surface area contributed by atoms with Gasteiger partial charge in [-0.1, -0.05) is 24.6 Å². The molecule has 0 amide bonds. The molecule has 1 fully saturated rings. The van der Waals surface area contributed by atoms with E-state index in [0.29, 0.717) is 18.9 Å². The van der Waals surface area contributed by atoms with Crippen molar-refractivity contribution in [2.75, 3.05) is 6.61 Å². The van der Waals surface area contributed by atoms with Crippen LogP contribution in [-0.4, -0.2) is 18.4 Å². The molecule has 3 nitrogen and oxygen atoms in total. The van der Waals surface area contributed by atoms with E-state index in [0.717, 1.165) is 36.0 Å². The predicted molar refractivity (Wildman–Crippen MR) is 96.0 cm³/mol. The number of carbonyl (C=O) groups excluding carboxylic acids is 2. The van der Waals surface area contributed by atoms with Gasteiger partial charge in [0.25, 0.3) is 0 Å². The molecule has 1 aromatic rings. The Balaban J connectivity index is 2.20. The van der Waals surface area contributed by atoms with Crippen molar-refractivity contribution in [2.24, 2.45) is 17.8 Å². The summed E-state index contributed by atoms with van der Waals surface area (Å²) in [6, 6.07) is 4.25. The van der Waals surface area contributed by atoms with E-state index in [1.807, 2.05) is 6.92 Å². The maximum atomic E-state index is 13.0. The van der Waals surface area contributed by atoms with Crippen LogP contribution < -0.4 is 0 Å². The Bertz CT molecular complexity index is 595. The number of carbonyl (C=O) groups is 2. The topological polar surface area (TPSA) is 43.4 Å². The number of hydrogen-bond donors (Lipinski definition) is 0. The van der Waals surface area contributed by atoms with E-state index in [4.69, 9.17) is 4.74 Å². The van der Waals surface area contributed by atoms with Crippen LogP contribution in [0.25, 0.3) is 0 Å². The number of esters is 1. The molecule has 0 aromatic heterocycles. The Morgan fingerprint density at radius 1 is 1.08 bits per heavy atom. The Kier molecular flexibility index (Phi) is 6.20. The molecule has 0 spiro atoms. The molecule has 0 heterocycles. The molecule has 0 bridgehead atoms. The summed E-state index contributed by atoms with van der Waals surface area (Å²) in [5.41, 5.74) is 4.66. The number of benzene rings is 1. The summed E-state index contributed by atoms with van der Waals surface area (Å²) in [6.45, 7) is 10.6. The van der Waals surface area contributed by atoms with Crippen LogP contribution in [0.1, 0.15) is 55.4 Å². The van der Waals surface area contributed by atoms with Gasteiger partial charge in [-0.3, -0.25) is 9.59 Å². The minimum Gasteiger partial charge on any atom is -0.466 e. The van der Waals surface area contributed by atoms with Crippen molar-refractivity contribution in [3.05, 3.63) is 34.4 Å². The second-order valence-corrected chi connectivity index (χ2v) is 7.40. The summed E-state index contributed by atoms with van der Waals surface area (Å²) >= 11 is 0. The Hall–Kier alpha value is -1.64. The van der Waals surface area contributed by atoms with Crippen molar-refractivity contribution in [1.82, 2.24) is 0 Å².